The van der Waals surface area contributed by atoms with Gasteiger partial charge in [-0.3, -0.25) is 9.59 Å². The largest absolute Gasteiger partial charge is 0.492 e. The SMILES string of the molecule is COC(=O)CC1COc2ccccc2C1=O. The van der Waals surface area contributed by atoms with Crippen molar-refractivity contribution in [2.75, 3.05) is 13.7 Å². The van der Waals surface area contributed by atoms with Crippen LogP contribution in [-0.4, -0.2) is 25.5 Å². The van der Waals surface area contributed by atoms with E-state index in [9.17, 15) is 9.59 Å². The van der Waals surface area contributed by atoms with Crippen LogP contribution in [0, 0.1) is 5.92 Å². The predicted molar refractivity (Wildman–Crippen MR) is 56.4 cm³/mol. The van der Waals surface area contributed by atoms with Crippen LogP contribution < -0.4 is 4.74 Å². The molecule has 0 saturated carbocycles. The second kappa shape index (κ2) is 4.35. The van der Waals surface area contributed by atoms with Crippen molar-refractivity contribution in [3.05, 3.63) is 29.8 Å². The van der Waals surface area contributed by atoms with Crippen LogP contribution in [0.15, 0.2) is 24.3 Å². The molecule has 4 nitrogen and oxygen atoms in total. The maximum atomic E-state index is 12.0. The van der Waals surface area contributed by atoms with Gasteiger partial charge in [0.05, 0.1) is 31.6 Å². The Kier molecular flexibility index (Phi) is 2.90. The lowest BCUT2D eigenvalue weighted by molar-refractivity contribution is -0.141. The summed E-state index contributed by atoms with van der Waals surface area (Å²) in [6.45, 7) is 0.241. The van der Waals surface area contributed by atoms with Gasteiger partial charge >= 0.3 is 5.97 Å². The first-order chi connectivity index (χ1) is 7.72. The smallest absolute Gasteiger partial charge is 0.306 e. The maximum absolute atomic E-state index is 12.0. The van der Waals surface area contributed by atoms with E-state index in [4.69, 9.17) is 4.74 Å². The van der Waals surface area contributed by atoms with Crippen molar-refractivity contribution in [1.29, 1.82) is 0 Å². The summed E-state index contributed by atoms with van der Waals surface area (Å²) in [5.74, 6) is -0.274. The van der Waals surface area contributed by atoms with Gasteiger partial charge in [0.15, 0.2) is 5.78 Å². The Morgan fingerprint density at radius 1 is 1.50 bits per heavy atom. The van der Waals surface area contributed by atoms with E-state index in [1.807, 2.05) is 6.07 Å². The van der Waals surface area contributed by atoms with Crippen LogP contribution in [0.2, 0.25) is 0 Å². The Balaban J connectivity index is 2.18. The highest BCUT2D eigenvalue weighted by Crippen LogP contribution is 2.28. The molecule has 1 aliphatic heterocycles. The zero-order valence-corrected chi connectivity index (χ0v) is 8.93. The van der Waals surface area contributed by atoms with Gasteiger partial charge in [0.25, 0.3) is 0 Å². The van der Waals surface area contributed by atoms with E-state index < -0.39 is 5.92 Å². The molecule has 0 radical (unpaired) electrons. The Morgan fingerprint density at radius 2 is 2.25 bits per heavy atom. The van der Waals surface area contributed by atoms with Gasteiger partial charge in [-0.05, 0) is 12.1 Å². The van der Waals surface area contributed by atoms with Crippen molar-refractivity contribution in [3.8, 4) is 5.75 Å². The summed E-state index contributed by atoms with van der Waals surface area (Å²) in [6.07, 6.45) is 0.0731. The molecule has 1 aromatic carbocycles. The highest BCUT2D eigenvalue weighted by molar-refractivity contribution is 6.02. The van der Waals surface area contributed by atoms with Crippen molar-refractivity contribution >= 4 is 11.8 Å². The normalized spacial score (nSPS) is 18.6. The molecule has 0 amide bonds. The number of hydrogen-bond acceptors (Lipinski definition) is 4. The van der Waals surface area contributed by atoms with Crippen LogP contribution in [0.3, 0.4) is 0 Å². The van der Waals surface area contributed by atoms with Crippen LogP contribution in [0.1, 0.15) is 16.8 Å². The van der Waals surface area contributed by atoms with E-state index in [2.05, 4.69) is 4.74 Å². The van der Waals surface area contributed by atoms with Crippen molar-refractivity contribution < 1.29 is 19.1 Å². The third-order valence-electron chi connectivity index (χ3n) is 2.60. The molecular weight excluding hydrogens is 208 g/mol. The minimum absolute atomic E-state index is 0.0488. The lowest BCUT2D eigenvalue weighted by atomic mass is 9.92. The average molecular weight is 220 g/mol. The number of esters is 1. The van der Waals surface area contributed by atoms with Gasteiger partial charge in [-0.2, -0.15) is 0 Å². The summed E-state index contributed by atoms with van der Waals surface area (Å²) in [7, 11) is 1.31. The van der Waals surface area contributed by atoms with Gasteiger partial charge in [0.1, 0.15) is 5.75 Å². The van der Waals surface area contributed by atoms with Gasteiger partial charge in [0, 0.05) is 0 Å². The Bertz CT molecular complexity index is 425. The zero-order chi connectivity index (χ0) is 11.5. The number of carbonyl (C=O) groups is 2. The van der Waals surface area contributed by atoms with Gasteiger partial charge in [0.2, 0.25) is 0 Å². The lowest BCUT2D eigenvalue weighted by Crippen LogP contribution is -2.30. The second-order valence-corrected chi connectivity index (χ2v) is 3.65. The third kappa shape index (κ3) is 1.91. The minimum atomic E-state index is -0.428. The summed E-state index contributed by atoms with van der Waals surface area (Å²) >= 11 is 0. The van der Waals surface area contributed by atoms with Crippen molar-refractivity contribution in [3.63, 3.8) is 0 Å². The molecule has 2 rings (SSSR count). The monoisotopic (exact) mass is 220 g/mol. The zero-order valence-electron chi connectivity index (χ0n) is 8.93. The number of Topliss-reactive ketones (excluding diaryl/α,β-unsaturated/α-hetero) is 1. The highest BCUT2D eigenvalue weighted by atomic mass is 16.5. The molecule has 1 aliphatic rings. The van der Waals surface area contributed by atoms with E-state index in [1.54, 1.807) is 18.2 Å². The topological polar surface area (TPSA) is 52.6 Å². The molecule has 0 saturated heterocycles. The van der Waals surface area contributed by atoms with Crippen LogP contribution in [0.25, 0.3) is 0 Å². The van der Waals surface area contributed by atoms with Crippen molar-refractivity contribution in [2.24, 2.45) is 5.92 Å². The number of benzene rings is 1. The Morgan fingerprint density at radius 3 is 3.00 bits per heavy atom. The summed E-state index contributed by atoms with van der Waals surface area (Å²) in [5.41, 5.74) is 0.544. The van der Waals surface area contributed by atoms with Gasteiger partial charge in [-0.15, -0.1) is 0 Å². The predicted octanol–water partition coefficient (Wildman–Crippen LogP) is 1.44. The molecule has 84 valence electrons. The molecule has 1 heterocycles. The molecule has 0 aromatic heterocycles. The summed E-state index contributed by atoms with van der Waals surface area (Å²) in [4.78, 5) is 23.1. The second-order valence-electron chi connectivity index (χ2n) is 3.65. The third-order valence-corrected chi connectivity index (χ3v) is 2.60. The fraction of sp³-hybridized carbons (Fsp3) is 0.333. The lowest BCUT2D eigenvalue weighted by Gasteiger charge is -2.23. The molecule has 0 fully saturated rings. The first-order valence-electron chi connectivity index (χ1n) is 5.05. The Labute approximate surface area is 93.2 Å². The standard InChI is InChI=1S/C12H12O4/c1-15-11(13)6-8-7-16-10-5-3-2-4-9(10)12(8)14/h2-5,8H,6-7H2,1H3. The molecule has 1 unspecified atom stereocenters. The summed E-state index contributed by atoms with van der Waals surface area (Å²) in [6, 6.07) is 7.05. The number of methoxy groups -OCH3 is 1. The van der Waals surface area contributed by atoms with E-state index in [1.165, 1.54) is 7.11 Å². The number of hydrogen-bond donors (Lipinski definition) is 0. The molecule has 0 spiro atoms. The number of fused-ring (bicyclic) bond motifs is 1. The van der Waals surface area contributed by atoms with Gasteiger partial charge in [-0.25, -0.2) is 0 Å². The van der Waals surface area contributed by atoms with Gasteiger partial charge < -0.3 is 9.47 Å². The fourth-order valence-electron chi connectivity index (χ4n) is 1.72. The first kappa shape index (κ1) is 10.7. The number of para-hydroxylation sites is 1. The van der Waals surface area contributed by atoms with Crippen LogP contribution in [-0.2, 0) is 9.53 Å². The van der Waals surface area contributed by atoms with Crippen LogP contribution in [0.4, 0.5) is 0 Å². The Hall–Kier alpha value is -1.84. The summed E-state index contributed by atoms with van der Waals surface area (Å²) in [5, 5.41) is 0. The molecule has 4 heteroatoms. The van der Waals surface area contributed by atoms with Crippen LogP contribution >= 0.6 is 0 Å². The minimum Gasteiger partial charge on any atom is -0.492 e. The molecule has 16 heavy (non-hydrogen) atoms. The molecule has 0 aliphatic carbocycles. The quantitative estimate of drug-likeness (QED) is 0.708. The maximum Gasteiger partial charge on any atom is 0.306 e. The number of ether oxygens (including phenoxy) is 2. The van der Waals surface area contributed by atoms with E-state index >= 15 is 0 Å². The van der Waals surface area contributed by atoms with Crippen molar-refractivity contribution in [1.82, 2.24) is 0 Å². The first-order valence-corrected chi connectivity index (χ1v) is 5.05. The summed E-state index contributed by atoms with van der Waals surface area (Å²) < 4.78 is 9.97. The highest BCUT2D eigenvalue weighted by Gasteiger charge is 2.30. The molecule has 0 bridgehead atoms. The number of rotatable bonds is 2. The molecule has 0 N–H and O–H groups in total. The van der Waals surface area contributed by atoms with E-state index in [-0.39, 0.29) is 24.8 Å². The molecular formula is C12H12O4. The fourth-order valence-corrected chi connectivity index (χ4v) is 1.72. The van der Waals surface area contributed by atoms with Gasteiger partial charge in [-0.1, -0.05) is 12.1 Å². The van der Waals surface area contributed by atoms with E-state index in [0.717, 1.165) is 0 Å². The average Bonchev–Trinajstić information content (AvgIpc) is 2.33. The van der Waals surface area contributed by atoms with Crippen molar-refractivity contribution in [2.45, 2.75) is 6.42 Å². The number of carbonyl (C=O) groups excluding carboxylic acids is 2. The van der Waals surface area contributed by atoms with Crippen LogP contribution in [0.5, 0.6) is 5.75 Å². The van der Waals surface area contributed by atoms with E-state index in [0.29, 0.717) is 11.3 Å². The molecule has 1 atom stereocenters. The number of ketones is 1. The molecule has 1 aromatic rings.